The summed E-state index contributed by atoms with van der Waals surface area (Å²) in [7, 11) is 0. The number of carbonyl (C=O) groups is 2. The summed E-state index contributed by atoms with van der Waals surface area (Å²) in [6.07, 6.45) is 1.46. The molecular formula is C12H21NO3. The third kappa shape index (κ3) is 3.51. The summed E-state index contributed by atoms with van der Waals surface area (Å²) in [6.45, 7) is 8.78. The van der Waals surface area contributed by atoms with Gasteiger partial charge in [0.15, 0.2) is 0 Å². The Hall–Kier alpha value is -1.06. The van der Waals surface area contributed by atoms with E-state index in [1.165, 1.54) is 0 Å². The van der Waals surface area contributed by atoms with Gasteiger partial charge in [-0.2, -0.15) is 0 Å². The molecule has 0 N–H and O–H groups in total. The van der Waals surface area contributed by atoms with Crippen LogP contribution in [-0.4, -0.2) is 36.0 Å². The fourth-order valence-corrected chi connectivity index (χ4v) is 1.86. The van der Waals surface area contributed by atoms with Gasteiger partial charge in [-0.15, -0.1) is 0 Å². The van der Waals surface area contributed by atoms with E-state index >= 15 is 0 Å². The van der Waals surface area contributed by atoms with Gasteiger partial charge in [0.1, 0.15) is 11.9 Å². The van der Waals surface area contributed by atoms with Gasteiger partial charge in [0, 0.05) is 19.0 Å². The van der Waals surface area contributed by atoms with Gasteiger partial charge in [0.05, 0.1) is 0 Å². The lowest BCUT2D eigenvalue weighted by molar-refractivity contribution is -0.114. The van der Waals surface area contributed by atoms with Gasteiger partial charge in [-0.3, -0.25) is 0 Å². The van der Waals surface area contributed by atoms with Crippen LogP contribution in [0.1, 0.15) is 34.1 Å². The molecule has 1 aliphatic rings. The monoisotopic (exact) mass is 227 g/mol. The lowest BCUT2D eigenvalue weighted by atomic mass is 9.88. The molecule has 1 rings (SSSR count). The van der Waals surface area contributed by atoms with Gasteiger partial charge < -0.3 is 14.4 Å². The number of amides is 1. The smallest absolute Gasteiger partial charge is 0.410 e. The van der Waals surface area contributed by atoms with Crippen LogP contribution in [0, 0.1) is 11.8 Å². The molecule has 1 amide bonds. The number of aldehydes is 1. The maximum absolute atomic E-state index is 11.8. The van der Waals surface area contributed by atoms with Crippen molar-refractivity contribution < 1.29 is 14.3 Å². The molecule has 92 valence electrons. The number of carbonyl (C=O) groups excluding carboxylic acids is 2. The molecule has 0 spiro atoms. The minimum atomic E-state index is -0.457. The normalized spacial score (nSPS) is 26.4. The molecule has 0 aliphatic carbocycles. The summed E-state index contributed by atoms with van der Waals surface area (Å²) in [4.78, 5) is 24.2. The summed E-state index contributed by atoms with van der Waals surface area (Å²) < 4.78 is 5.29. The van der Waals surface area contributed by atoms with Crippen LogP contribution in [-0.2, 0) is 9.53 Å². The number of nitrogens with zero attached hydrogens (tertiary/aromatic N) is 1. The van der Waals surface area contributed by atoms with E-state index in [2.05, 4.69) is 0 Å². The van der Waals surface area contributed by atoms with Gasteiger partial charge in [-0.25, -0.2) is 4.79 Å². The number of piperidine rings is 1. The van der Waals surface area contributed by atoms with Crippen LogP contribution in [0.3, 0.4) is 0 Å². The minimum Gasteiger partial charge on any atom is -0.444 e. The molecule has 1 unspecified atom stereocenters. The molecule has 1 heterocycles. The summed E-state index contributed by atoms with van der Waals surface area (Å²) >= 11 is 0. The number of likely N-dealkylation sites (tertiary alicyclic amines) is 1. The second-order valence-corrected chi connectivity index (χ2v) is 5.49. The topological polar surface area (TPSA) is 46.6 Å². The highest BCUT2D eigenvalue weighted by Gasteiger charge is 2.30. The third-order valence-corrected chi connectivity index (χ3v) is 2.80. The highest BCUT2D eigenvalue weighted by Crippen LogP contribution is 2.22. The zero-order valence-corrected chi connectivity index (χ0v) is 10.5. The number of hydrogen-bond acceptors (Lipinski definition) is 3. The first-order chi connectivity index (χ1) is 7.33. The molecule has 0 aromatic rings. The van der Waals surface area contributed by atoms with E-state index < -0.39 is 5.60 Å². The van der Waals surface area contributed by atoms with Crippen LogP contribution in [0.4, 0.5) is 4.79 Å². The average molecular weight is 227 g/mol. The summed E-state index contributed by atoms with van der Waals surface area (Å²) in [5, 5.41) is 0. The Morgan fingerprint density at radius 1 is 1.44 bits per heavy atom. The van der Waals surface area contributed by atoms with Crippen LogP contribution in [0.2, 0.25) is 0 Å². The summed E-state index contributed by atoms with van der Waals surface area (Å²) in [6, 6.07) is 0. The van der Waals surface area contributed by atoms with E-state index in [9.17, 15) is 9.59 Å². The van der Waals surface area contributed by atoms with Crippen LogP contribution < -0.4 is 0 Å². The highest BCUT2D eigenvalue weighted by molar-refractivity contribution is 5.68. The van der Waals surface area contributed by atoms with Crippen LogP contribution in [0.25, 0.3) is 0 Å². The fraction of sp³-hybridized carbons (Fsp3) is 0.833. The molecule has 0 aromatic heterocycles. The predicted octanol–water partition coefficient (Wildman–Crippen LogP) is 2.08. The van der Waals surface area contributed by atoms with E-state index in [1.54, 1.807) is 4.90 Å². The first-order valence-corrected chi connectivity index (χ1v) is 5.76. The number of ether oxygens (including phenoxy) is 1. The molecule has 0 aromatic carbocycles. The maximum Gasteiger partial charge on any atom is 0.410 e. The van der Waals surface area contributed by atoms with Crippen molar-refractivity contribution in [1.82, 2.24) is 4.90 Å². The van der Waals surface area contributed by atoms with Crippen molar-refractivity contribution in [2.45, 2.75) is 39.7 Å². The van der Waals surface area contributed by atoms with E-state index in [0.717, 1.165) is 12.7 Å². The second kappa shape index (κ2) is 4.85. The van der Waals surface area contributed by atoms with Crippen molar-refractivity contribution in [2.75, 3.05) is 13.1 Å². The quantitative estimate of drug-likeness (QED) is 0.644. The molecule has 2 atom stereocenters. The van der Waals surface area contributed by atoms with Crippen LogP contribution in [0.15, 0.2) is 0 Å². The molecule has 1 fully saturated rings. The Bertz CT molecular complexity index is 270. The van der Waals surface area contributed by atoms with E-state index in [0.29, 0.717) is 13.1 Å². The largest absolute Gasteiger partial charge is 0.444 e. The Morgan fingerprint density at radius 3 is 2.50 bits per heavy atom. The van der Waals surface area contributed by atoms with Gasteiger partial charge in [0.2, 0.25) is 0 Å². The molecular weight excluding hydrogens is 206 g/mol. The van der Waals surface area contributed by atoms with Crippen molar-refractivity contribution in [2.24, 2.45) is 11.8 Å². The van der Waals surface area contributed by atoms with Crippen LogP contribution >= 0.6 is 0 Å². The van der Waals surface area contributed by atoms with E-state index in [4.69, 9.17) is 4.74 Å². The summed E-state index contributed by atoms with van der Waals surface area (Å²) in [5.41, 5.74) is -0.457. The molecule has 0 saturated carbocycles. The summed E-state index contributed by atoms with van der Waals surface area (Å²) in [5.74, 6) is 0.303. The Labute approximate surface area is 96.9 Å². The Balaban J connectivity index is 2.51. The molecule has 1 aliphatic heterocycles. The lowest BCUT2D eigenvalue weighted by Gasteiger charge is -2.35. The first-order valence-electron chi connectivity index (χ1n) is 5.76. The maximum atomic E-state index is 11.8. The van der Waals surface area contributed by atoms with Crippen molar-refractivity contribution in [1.29, 1.82) is 0 Å². The van der Waals surface area contributed by atoms with Crippen molar-refractivity contribution >= 4 is 12.4 Å². The molecule has 4 heteroatoms. The molecule has 1 saturated heterocycles. The lowest BCUT2D eigenvalue weighted by Crippen LogP contribution is -2.45. The molecule has 4 nitrogen and oxygen atoms in total. The SMILES string of the molecule is C[C@@H]1CN(C(=O)OC(C)(C)C)CCC1C=O. The van der Waals surface area contributed by atoms with Gasteiger partial charge in [0.25, 0.3) is 0 Å². The second-order valence-electron chi connectivity index (χ2n) is 5.49. The third-order valence-electron chi connectivity index (χ3n) is 2.80. The van der Waals surface area contributed by atoms with Crippen molar-refractivity contribution in [3.8, 4) is 0 Å². The van der Waals surface area contributed by atoms with Gasteiger partial charge in [-0.05, 0) is 33.1 Å². The predicted molar refractivity (Wildman–Crippen MR) is 61.1 cm³/mol. The highest BCUT2D eigenvalue weighted by atomic mass is 16.6. The number of hydrogen-bond donors (Lipinski definition) is 0. The van der Waals surface area contributed by atoms with E-state index in [1.807, 2.05) is 27.7 Å². The fourth-order valence-electron chi connectivity index (χ4n) is 1.86. The number of rotatable bonds is 1. The zero-order valence-electron chi connectivity index (χ0n) is 10.5. The van der Waals surface area contributed by atoms with Gasteiger partial charge >= 0.3 is 6.09 Å². The average Bonchev–Trinajstić information content (AvgIpc) is 2.15. The van der Waals surface area contributed by atoms with Crippen LogP contribution in [0.5, 0.6) is 0 Å². The zero-order chi connectivity index (χ0) is 12.3. The van der Waals surface area contributed by atoms with Gasteiger partial charge in [-0.1, -0.05) is 6.92 Å². The Kier molecular flexibility index (Phi) is 3.94. The molecule has 0 radical (unpaired) electrons. The molecule has 0 bridgehead atoms. The molecule has 16 heavy (non-hydrogen) atoms. The first kappa shape index (κ1) is 13.0. The van der Waals surface area contributed by atoms with Crippen molar-refractivity contribution in [3.05, 3.63) is 0 Å². The minimum absolute atomic E-state index is 0.0821. The van der Waals surface area contributed by atoms with E-state index in [-0.39, 0.29) is 17.9 Å². The van der Waals surface area contributed by atoms with Crippen molar-refractivity contribution in [3.63, 3.8) is 0 Å². The Morgan fingerprint density at radius 2 is 2.06 bits per heavy atom. The standard InChI is InChI=1S/C12H21NO3/c1-9-7-13(6-5-10(9)8-14)11(15)16-12(2,3)4/h8-10H,5-7H2,1-4H3/t9-,10?/m1/s1.